The van der Waals surface area contributed by atoms with Crippen LogP contribution in [0, 0.1) is 5.92 Å². The molecule has 0 bridgehead atoms. The van der Waals surface area contributed by atoms with E-state index in [1.165, 1.54) is 32.1 Å². The Labute approximate surface area is 104 Å². The highest BCUT2D eigenvalue weighted by molar-refractivity contribution is 5.07. The lowest BCUT2D eigenvalue weighted by Gasteiger charge is -2.33. The Hall–Kier alpha value is -0.540. The summed E-state index contributed by atoms with van der Waals surface area (Å²) in [6, 6.07) is 0. The zero-order chi connectivity index (χ0) is 12.1. The summed E-state index contributed by atoms with van der Waals surface area (Å²) in [7, 11) is 0. The fourth-order valence-corrected chi connectivity index (χ4v) is 2.95. The molecule has 1 aliphatic carbocycles. The molecule has 2 atom stereocenters. The molecule has 3 nitrogen and oxygen atoms in total. The molecule has 0 aromatic carbocycles. The van der Waals surface area contributed by atoms with Crippen molar-refractivity contribution in [2.24, 2.45) is 5.92 Å². The molecule has 1 saturated carbocycles. The van der Waals surface area contributed by atoms with Gasteiger partial charge in [-0.15, -0.1) is 0 Å². The van der Waals surface area contributed by atoms with E-state index in [9.17, 15) is 5.11 Å². The quantitative estimate of drug-likeness (QED) is 0.803. The molecule has 1 aliphatic heterocycles. The van der Waals surface area contributed by atoms with Gasteiger partial charge in [0.1, 0.15) is 11.9 Å². The van der Waals surface area contributed by atoms with Crippen LogP contribution in [0.4, 0.5) is 0 Å². The lowest BCUT2D eigenvalue weighted by molar-refractivity contribution is -0.0733. The van der Waals surface area contributed by atoms with Crippen molar-refractivity contribution in [3.8, 4) is 0 Å². The Kier molecular flexibility index (Phi) is 4.86. The van der Waals surface area contributed by atoms with Crippen molar-refractivity contribution >= 4 is 0 Å². The van der Waals surface area contributed by atoms with E-state index in [-0.39, 0.29) is 6.10 Å². The van der Waals surface area contributed by atoms with Gasteiger partial charge in [0.15, 0.2) is 0 Å². The zero-order valence-electron chi connectivity index (χ0n) is 10.7. The number of hydrogen-bond donors (Lipinski definition) is 1. The van der Waals surface area contributed by atoms with E-state index in [1.54, 1.807) is 0 Å². The lowest BCUT2D eigenvalue weighted by Crippen LogP contribution is -2.38. The molecule has 1 fully saturated rings. The summed E-state index contributed by atoms with van der Waals surface area (Å²) in [5.74, 6) is 1.22. The number of aliphatic hydroxyl groups excluding tert-OH is 1. The van der Waals surface area contributed by atoms with E-state index in [0.29, 0.717) is 19.1 Å². The highest BCUT2D eigenvalue weighted by Crippen LogP contribution is 2.32. The zero-order valence-corrected chi connectivity index (χ0v) is 10.7. The predicted molar refractivity (Wildman–Crippen MR) is 66.6 cm³/mol. The van der Waals surface area contributed by atoms with E-state index in [1.807, 2.05) is 13.0 Å². The highest BCUT2D eigenvalue weighted by Gasteiger charge is 2.33. The third kappa shape index (κ3) is 3.23. The van der Waals surface area contributed by atoms with Crippen LogP contribution < -0.4 is 0 Å². The third-order valence-corrected chi connectivity index (χ3v) is 3.81. The first-order chi connectivity index (χ1) is 8.33. The smallest absolute Gasteiger partial charge is 0.137 e. The van der Waals surface area contributed by atoms with Gasteiger partial charge in [0.05, 0.1) is 12.7 Å². The molecule has 1 heterocycles. The second-order valence-corrected chi connectivity index (χ2v) is 5.01. The van der Waals surface area contributed by atoms with Gasteiger partial charge >= 0.3 is 0 Å². The number of aliphatic hydroxyl groups is 1. The molecule has 0 aromatic rings. The molecule has 3 heteroatoms. The average molecular weight is 240 g/mol. The Morgan fingerprint density at radius 3 is 2.76 bits per heavy atom. The molecule has 1 N–H and O–H groups in total. The van der Waals surface area contributed by atoms with Gasteiger partial charge in [0, 0.05) is 13.0 Å². The molecule has 0 radical (unpaired) electrons. The topological polar surface area (TPSA) is 38.7 Å². The summed E-state index contributed by atoms with van der Waals surface area (Å²) in [4.78, 5) is 0. The second-order valence-electron chi connectivity index (χ2n) is 5.01. The van der Waals surface area contributed by atoms with Gasteiger partial charge in [0.25, 0.3) is 0 Å². The minimum Gasteiger partial charge on any atom is -0.495 e. The molecule has 0 saturated heterocycles. The van der Waals surface area contributed by atoms with E-state index in [2.05, 4.69) is 0 Å². The van der Waals surface area contributed by atoms with Gasteiger partial charge in [-0.3, -0.25) is 0 Å². The summed E-state index contributed by atoms with van der Waals surface area (Å²) < 4.78 is 11.2. The molecule has 2 aliphatic rings. The summed E-state index contributed by atoms with van der Waals surface area (Å²) in [5.41, 5.74) is 0. The van der Waals surface area contributed by atoms with Crippen molar-refractivity contribution in [1.82, 2.24) is 0 Å². The van der Waals surface area contributed by atoms with Crippen molar-refractivity contribution in [3.63, 3.8) is 0 Å². The summed E-state index contributed by atoms with van der Waals surface area (Å²) in [5, 5.41) is 10.4. The summed E-state index contributed by atoms with van der Waals surface area (Å²) in [6.07, 6.45) is 8.47. The van der Waals surface area contributed by atoms with Crippen LogP contribution in [0.2, 0.25) is 0 Å². The maximum absolute atomic E-state index is 10.4. The van der Waals surface area contributed by atoms with Crippen molar-refractivity contribution in [2.45, 2.75) is 57.7 Å². The van der Waals surface area contributed by atoms with Gasteiger partial charge in [-0.25, -0.2) is 0 Å². The van der Waals surface area contributed by atoms with Crippen LogP contribution in [0.25, 0.3) is 0 Å². The van der Waals surface area contributed by atoms with E-state index >= 15 is 0 Å². The normalized spacial score (nSPS) is 25.2. The first kappa shape index (κ1) is 12.9. The molecule has 0 amide bonds. The summed E-state index contributed by atoms with van der Waals surface area (Å²) >= 11 is 0. The van der Waals surface area contributed by atoms with Crippen LogP contribution in [-0.4, -0.2) is 30.5 Å². The minimum atomic E-state index is -0.569. The number of rotatable bonds is 5. The van der Waals surface area contributed by atoms with Crippen molar-refractivity contribution in [1.29, 1.82) is 0 Å². The van der Waals surface area contributed by atoms with Gasteiger partial charge in [0.2, 0.25) is 0 Å². The van der Waals surface area contributed by atoms with Crippen LogP contribution in [0.3, 0.4) is 0 Å². The Morgan fingerprint density at radius 1 is 1.41 bits per heavy atom. The Bertz CT molecular complexity index is 256. The third-order valence-electron chi connectivity index (χ3n) is 3.81. The fourth-order valence-electron chi connectivity index (χ4n) is 2.95. The maximum atomic E-state index is 10.4. The first-order valence-corrected chi connectivity index (χ1v) is 6.95. The van der Waals surface area contributed by atoms with E-state index in [4.69, 9.17) is 9.47 Å². The first-order valence-electron chi connectivity index (χ1n) is 6.95. The Morgan fingerprint density at radius 2 is 2.18 bits per heavy atom. The molecule has 2 unspecified atom stereocenters. The number of ether oxygens (including phenoxy) is 2. The molecule has 0 aromatic heterocycles. The largest absolute Gasteiger partial charge is 0.495 e. The monoisotopic (exact) mass is 240 g/mol. The minimum absolute atomic E-state index is 0.0790. The van der Waals surface area contributed by atoms with Gasteiger partial charge in [-0.1, -0.05) is 19.3 Å². The van der Waals surface area contributed by atoms with Gasteiger partial charge in [-0.2, -0.15) is 0 Å². The lowest BCUT2D eigenvalue weighted by atomic mass is 9.83. The van der Waals surface area contributed by atoms with Crippen molar-refractivity contribution < 1.29 is 14.6 Å². The summed E-state index contributed by atoms with van der Waals surface area (Å²) in [6.45, 7) is 3.36. The molecule has 0 spiro atoms. The van der Waals surface area contributed by atoms with Crippen LogP contribution >= 0.6 is 0 Å². The van der Waals surface area contributed by atoms with E-state index < -0.39 is 6.10 Å². The van der Waals surface area contributed by atoms with Crippen LogP contribution in [0.15, 0.2) is 11.8 Å². The van der Waals surface area contributed by atoms with Crippen LogP contribution in [0.1, 0.15) is 45.4 Å². The molecular formula is C14H24O3. The Balaban J connectivity index is 1.98. The predicted octanol–water partition coefficient (Wildman–Crippen LogP) is 2.64. The number of hydrogen-bond acceptors (Lipinski definition) is 3. The second kappa shape index (κ2) is 6.41. The fraction of sp³-hybridized carbons (Fsp3) is 0.857. The highest BCUT2D eigenvalue weighted by atomic mass is 16.5. The SMILES string of the molecule is CCOC(C1CCCCC1)C(O)C1=CCCO1. The van der Waals surface area contributed by atoms with Gasteiger partial charge < -0.3 is 14.6 Å². The molecule has 17 heavy (non-hydrogen) atoms. The standard InChI is InChI=1S/C14H24O3/c1-2-16-14(11-7-4-3-5-8-11)13(15)12-9-6-10-17-12/h9,11,13-15H,2-8,10H2,1H3. The van der Waals surface area contributed by atoms with Gasteiger partial charge in [-0.05, 0) is 31.8 Å². The molecule has 2 rings (SSSR count). The van der Waals surface area contributed by atoms with E-state index in [0.717, 1.165) is 12.2 Å². The maximum Gasteiger partial charge on any atom is 0.137 e. The van der Waals surface area contributed by atoms with Crippen LogP contribution in [0.5, 0.6) is 0 Å². The molecular weight excluding hydrogens is 216 g/mol. The van der Waals surface area contributed by atoms with Crippen LogP contribution in [-0.2, 0) is 9.47 Å². The average Bonchev–Trinajstić information content (AvgIpc) is 2.90. The molecule has 98 valence electrons. The van der Waals surface area contributed by atoms with Crippen molar-refractivity contribution in [3.05, 3.63) is 11.8 Å². The van der Waals surface area contributed by atoms with Crippen molar-refractivity contribution in [2.75, 3.05) is 13.2 Å².